The first kappa shape index (κ1) is 9.62. The van der Waals surface area contributed by atoms with Gasteiger partial charge in [0.1, 0.15) is 5.82 Å². The van der Waals surface area contributed by atoms with Gasteiger partial charge in [0, 0.05) is 0 Å². The Morgan fingerprint density at radius 2 is 2.21 bits per heavy atom. The van der Waals surface area contributed by atoms with Crippen LogP contribution in [0, 0.1) is 5.82 Å². The average molecular weight is 195 g/mol. The fourth-order valence-corrected chi connectivity index (χ4v) is 1.88. The molecule has 1 heterocycles. The molecule has 0 saturated heterocycles. The smallest absolute Gasteiger partial charge is 0.123 e. The van der Waals surface area contributed by atoms with Gasteiger partial charge in [0.25, 0.3) is 0 Å². The molecule has 2 atom stereocenters. The van der Waals surface area contributed by atoms with E-state index in [1.54, 1.807) is 12.1 Å². The first-order chi connectivity index (χ1) is 6.72. The lowest BCUT2D eigenvalue weighted by atomic mass is 9.95. The Morgan fingerprint density at radius 1 is 1.43 bits per heavy atom. The molecule has 0 spiro atoms. The van der Waals surface area contributed by atoms with E-state index in [4.69, 9.17) is 4.74 Å². The normalized spacial score (nSPS) is 25.9. The molecule has 2 nitrogen and oxygen atoms in total. The molecule has 0 aliphatic carbocycles. The molecule has 0 radical (unpaired) electrons. The predicted molar refractivity (Wildman–Crippen MR) is 52.6 cm³/mol. The molecule has 1 N–H and O–H groups in total. The summed E-state index contributed by atoms with van der Waals surface area (Å²) in [6.45, 7) is 2.59. The molecule has 0 aromatic heterocycles. The highest BCUT2D eigenvalue weighted by atomic mass is 19.1. The van der Waals surface area contributed by atoms with Gasteiger partial charge in [-0.15, -0.1) is 0 Å². The molecular formula is C11H14FNO. The summed E-state index contributed by atoms with van der Waals surface area (Å²) >= 11 is 0. The summed E-state index contributed by atoms with van der Waals surface area (Å²) < 4.78 is 18.6. The number of hydrogen-bond acceptors (Lipinski definition) is 2. The van der Waals surface area contributed by atoms with Crippen LogP contribution in [-0.2, 0) is 4.74 Å². The Labute approximate surface area is 83.1 Å². The number of nitrogens with one attached hydrogen (secondary N) is 1. The van der Waals surface area contributed by atoms with Crippen molar-refractivity contribution in [2.45, 2.75) is 19.1 Å². The quantitative estimate of drug-likeness (QED) is 0.741. The fourth-order valence-electron chi connectivity index (χ4n) is 1.88. The van der Waals surface area contributed by atoms with Gasteiger partial charge in [0.05, 0.1) is 18.8 Å². The topological polar surface area (TPSA) is 21.3 Å². The highest BCUT2D eigenvalue weighted by Crippen LogP contribution is 2.32. The van der Waals surface area contributed by atoms with Crippen molar-refractivity contribution in [2.75, 3.05) is 13.7 Å². The van der Waals surface area contributed by atoms with Crippen LogP contribution in [0.5, 0.6) is 0 Å². The average Bonchev–Trinajstić information content (AvgIpc) is 2.18. The maximum Gasteiger partial charge on any atom is 0.123 e. The molecule has 1 aromatic rings. The standard InChI is InChI=1S/C11H14FNO/c1-7-9-4-3-8(12)5-10(9)11(13-2)6-14-7/h3-5,7,11,13H,6H2,1-2H3/t7?,11-/m1/s1. The van der Waals surface area contributed by atoms with Gasteiger partial charge in [-0.3, -0.25) is 0 Å². The summed E-state index contributed by atoms with van der Waals surface area (Å²) in [4.78, 5) is 0. The predicted octanol–water partition coefficient (Wildman–Crippen LogP) is 2.18. The summed E-state index contributed by atoms with van der Waals surface area (Å²) in [5.41, 5.74) is 2.10. The van der Waals surface area contributed by atoms with Crippen molar-refractivity contribution in [2.24, 2.45) is 0 Å². The summed E-state index contributed by atoms with van der Waals surface area (Å²) in [6, 6.07) is 4.99. The third kappa shape index (κ3) is 1.53. The zero-order valence-electron chi connectivity index (χ0n) is 8.38. The first-order valence-electron chi connectivity index (χ1n) is 4.80. The minimum Gasteiger partial charge on any atom is -0.372 e. The molecule has 76 valence electrons. The monoisotopic (exact) mass is 195 g/mol. The van der Waals surface area contributed by atoms with Crippen molar-refractivity contribution in [1.82, 2.24) is 5.32 Å². The third-order valence-corrected chi connectivity index (χ3v) is 2.72. The lowest BCUT2D eigenvalue weighted by Gasteiger charge is -2.29. The van der Waals surface area contributed by atoms with Crippen LogP contribution in [-0.4, -0.2) is 13.7 Å². The van der Waals surface area contributed by atoms with E-state index in [-0.39, 0.29) is 18.0 Å². The number of rotatable bonds is 1. The first-order valence-corrected chi connectivity index (χ1v) is 4.80. The van der Waals surface area contributed by atoms with E-state index < -0.39 is 0 Å². The number of fused-ring (bicyclic) bond motifs is 1. The van der Waals surface area contributed by atoms with Gasteiger partial charge in [-0.05, 0) is 37.2 Å². The van der Waals surface area contributed by atoms with Gasteiger partial charge in [0.2, 0.25) is 0 Å². The summed E-state index contributed by atoms with van der Waals surface area (Å²) in [6.07, 6.45) is 0.0650. The van der Waals surface area contributed by atoms with Crippen LogP contribution in [0.1, 0.15) is 30.2 Å². The van der Waals surface area contributed by atoms with Gasteiger partial charge in [-0.1, -0.05) is 6.07 Å². The minimum atomic E-state index is -0.182. The molecule has 1 aliphatic heterocycles. The minimum absolute atomic E-state index is 0.0650. The number of likely N-dealkylation sites (N-methyl/N-ethyl adjacent to an activating group) is 1. The second-order valence-electron chi connectivity index (χ2n) is 3.59. The van der Waals surface area contributed by atoms with E-state index in [0.717, 1.165) is 11.1 Å². The third-order valence-electron chi connectivity index (χ3n) is 2.72. The molecule has 2 rings (SSSR count). The Bertz CT molecular complexity index is 340. The largest absolute Gasteiger partial charge is 0.372 e. The summed E-state index contributed by atoms with van der Waals surface area (Å²) in [5, 5.41) is 3.12. The molecule has 0 saturated carbocycles. The van der Waals surface area contributed by atoms with E-state index in [0.29, 0.717) is 6.61 Å². The van der Waals surface area contributed by atoms with Gasteiger partial charge in [-0.2, -0.15) is 0 Å². The Kier molecular flexibility index (Phi) is 2.52. The van der Waals surface area contributed by atoms with E-state index in [1.807, 2.05) is 14.0 Å². The molecule has 0 fully saturated rings. The summed E-state index contributed by atoms with van der Waals surface area (Å²) in [7, 11) is 1.86. The maximum absolute atomic E-state index is 13.1. The second-order valence-corrected chi connectivity index (χ2v) is 3.59. The van der Waals surface area contributed by atoms with Gasteiger partial charge in [0.15, 0.2) is 0 Å². The van der Waals surface area contributed by atoms with Gasteiger partial charge < -0.3 is 10.1 Å². The maximum atomic E-state index is 13.1. The van der Waals surface area contributed by atoms with Crippen LogP contribution in [0.3, 0.4) is 0 Å². The highest BCUT2D eigenvalue weighted by molar-refractivity contribution is 5.34. The number of ether oxygens (including phenoxy) is 1. The summed E-state index contributed by atoms with van der Waals surface area (Å²) in [5.74, 6) is -0.182. The van der Waals surface area contributed by atoms with Gasteiger partial charge in [-0.25, -0.2) is 4.39 Å². The van der Waals surface area contributed by atoms with Crippen LogP contribution in [0.4, 0.5) is 4.39 Å². The van der Waals surface area contributed by atoms with Crippen molar-refractivity contribution in [1.29, 1.82) is 0 Å². The van der Waals surface area contributed by atoms with Crippen LogP contribution < -0.4 is 5.32 Å². The van der Waals surface area contributed by atoms with Crippen molar-refractivity contribution in [3.05, 3.63) is 35.1 Å². The number of halogens is 1. The van der Waals surface area contributed by atoms with Gasteiger partial charge >= 0.3 is 0 Å². The van der Waals surface area contributed by atoms with E-state index in [9.17, 15) is 4.39 Å². The van der Waals surface area contributed by atoms with Crippen molar-refractivity contribution >= 4 is 0 Å². The van der Waals surface area contributed by atoms with E-state index in [1.165, 1.54) is 6.07 Å². The molecule has 3 heteroatoms. The van der Waals surface area contributed by atoms with Crippen LogP contribution in [0.2, 0.25) is 0 Å². The molecule has 14 heavy (non-hydrogen) atoms. The van der Waals surface area contributed by atoms with E-state index >= 15 is 0 Å². The van der Waals surface area contributed by atoms with Crippen molar-refractivity contribution < 1.29 is 9.13 Å². The van der Waals surface area contributed by atoms with E-state index in [2.05, 4.69) is 5.32 Å². The van der Waals surface area contributed by atoms with Crippen molar-refractivity contribution in [3.8, 4) is 0 Å². The SMILES string of the molecule is CN[C@@H]1COC(C)c2ccc(F)cc21. The molecule has 1 aromatic carbocycles. The lowest BCUT2D eigenvalue weighted by molar-refractivity contribution is 0.0344. The molecule has 1 aliphatic rings. The highest BCUT2D eigenvalue weighted by Gasteiger charge is 2.24. The lowest BCUT2D eigenvalue weighted by Crippen LogP contribution is -2.28. The molecule has 0 amide bonds. The zero-order valence-corrected chi connectivity index (χ0v) is 8.38. The van der Waals surface area contributed by atoms with Crippen LogP contribution in [0.15, 0.2) is 18.2 Å². The number of hydrogen-bond donors (Lipinski definition) is 1. The van der Waals surface area contributed by atoms with Crippen LogP contribution in [0.25, 0.3) is 0 Å². The molecule has 0 bridgehead atoms. The zero-order chi connectivity index (χ0) is 10.1. The number of benzene rings is 1. The fraction of sp³-hybridized carbons (Fsp3) is 0.455. The Hall–Kier alpha value is -0.930. The Morgan fingerprint density at radius 3 is 2.93 bits per heavy atom. The molecule has 1 unspecified atom stereocenters. The Balaban J connectivity index is 2.46. The second kappa shape index (κ2) is 3.67. The van der Waals surface area contributed by atoms with Crippen LogP contribution >= 0.6 is 0 Å². The molecular weight excluding hydrogens is 181 g/mol. The van der Waals surface area contributed by atoms with Crippen molar-refractivity contribution in [3.63, 3.8) is 0 Å².